The number of nitrogens with zero attached hydrogens (tertiary/aromatic N) is 1. The monoisotopic (exact) mass is 602 g/mol. The zero-order chi connectivity index (χ0) is 31.4. The van der Waals surface area contributed by atoms with Gasteiger partial charge in [-0.1, -0.05) is 84.9 Å². The minimum atomic E-state index is -0.730. The Kier molecular flexibility index (Phi) is 10.4. The van der Waals surface area contributed by atoms with E-state index in [1.807, 2.05) is 78.9 Å². The van der Waals surface area contributed by atoms with Gasteiger partial charge in [-0.15, -0.1) is 0 Å². The highest BCUT2D eigenvalue weighted by molar-refractivity contribution is 6.12. The van der Waals surface area contributed by atoms with Gasteiger partial charge < -0.3 is 24.1 Å². The summed E-state index contributed by atoms with van der Waals surface area (Å²) >= 11 is 0. The van der Waals surface area contributed by atoms with E-state index in [2.05, 4.69) is 5.32 Å². The number of hydrogen-bond acceptors (Lipinski definition) is 7. The van der Waals surface area contributed by atoms with Crippen molar-refractivity contribution >= 4 is 23.3 Å². The van der Waals surface area contributed by atoms with Gasteiger partial charge in [0.05, 0.1) is 25.5 Å². The third-order valence-corrected chi connectivity index (χ3v) is 7.29. The molecule has 0 aliphatic rings. The highest BCUT2D eigenvalue weighted by atomic mass is 16.5. The predicted molar refractivity (Wildman–Crippen MR) is 171 cm³/mol. The molecule has 0 fully saturated rings. The molecule has 0 spiro atoms. The van der Waals surface area contributed by atoms with Crippen molar-refractivity contribution in [2.24, 2.45) is 0 Å². The predicted octanol–water partition coefficient (Wildman–Crippen LogP) is 6.43. The van der Waals surface area contributed by atoms with Crippen molar-refractivity contribution in [1.29, 1.82) is 0 Å². The molecule has 1 N–H and O–H groups in total. The Labute approximate surface area is 262 Å². The van der Waals surface area contributed by atoms with E-state index in [9.17, 15) is 14.4 Å². The summed E-state index contributed by atoms with van der Waals surface area (Å²) in [4.78, 5) is 40.8. The van der Waals surface area contributed by atoms with Crippen LogP contribution in [0.2, 0.25) is 0 Å². The van der Waals surface area contributed by atoms with Gasteiger partial charge in [0.25, 0.3) is 5.91 Å². The lowest BCUT2D eigenvalue weighted by Crippen LogP contribution is -2.34. The first kappa shape index (κ1) is 30.8. The first-order valence-corrected chi connectivity index (χ1v) is 14.6. The van der Waals surface area contributed by atoms with Gasteiger partial charge in [-0.05, 0) is 41.5 Å². The standard InChI is InChI=1S/C37H34N2O6/c1-43-37(42)34(38-33-15-9-8-14-32(33)35(40)29-12-6-3-7-13-29)24-27-16-18-31(19-17-27)45-23-21-39(25-28-10-4-2-5-11-28)36(41)30-20-22-44-26-30/h2-20,22,26,34,38H,21,23-25H2,1H3/t34-/m0/s1. The number of para-hydroxylation sites is 1. The van der Waals surface area contributed by atoms with Crippen molar-refractivity contribution in [2.45, 2.75) is 19.0 Å². The third-order valence-electron chi connectivity index (χ3n) is 7.29. The molecule has 0 radical (unpaired) electrons. The summed E-state index contributed by atoms with van der Waals surface area (Å²) in [6.07, 6.45) is 3.25. The van der Waals surface area contributed by atoms with Crippen LogP contribution in [0.1, 0.15) is 37.4 Å². The van der Waals surface area contributed by atoms with Gasteiger partial charge in [0.1, 0.15) is 24.7 Å². The van der Waals surface area contributed by atoms with Crippen LogP contribution >= 0.6 is 0 Å². The molecule has 8 nitrogen and oxygen atoms in total. The number of hydrogen-bond donors (Lipinski definition) is 1. The highest BCUT2D eigenvalue weighted by Gasteiger charge is 2.23. The van der Waals surface area contributed by atoms with Crippen LogP contribution in [0.3, 0.4) is 0 Å². The second-order valence-corrected chi connectivity index (χ2v) is 10.4. The molecule has 228 valence electrons. The fourth-order valence-corrected chi connectivity index (χ4v) is 4.93. The van der Waals surface area contributed by atoms with E-state index in [-0.39, 0.29) is 18.3 Å². The molecule has 0 bridgehead atoms. The molecule has 1 atom stereocenters. The number of rotatable bonds is 14. The molecule has 8 heteroatoms. The number of anilines is 1. The van der Waals surface area contributed by atoms with E-state index >= 15 is 0 Å². The van der Waals surface area contributed by atoms with E-state index in [1.165, 1.54) is 19.6 Å². The average molecular weight is 603 g/mol. The van der Waals surface area contributed by atoms with Crippen LogP contribution in [0.4, 0.5) is 5.69 Å². The van der Waals surface area contributed by atoms with Crippen molar-refractivity contribution < 1.29 is 28.3 Å². The average Bonchev–Trinajstić information content (AvgIpc) is 3.64. The lowest BCUT2D eigenvalue weighted by molar-refractivity contribution is -0.141. The van der Waals surface area contributed by atoms with Crippen molar-refractivity contribution in [3.05, 3.63) is 156 Å². The summed E-state index contributed by atoms with van der Waals surface area (Å²) in [5, 5.41) is 3.23. The van der Waals surface area contributed by atoms with Gasteiger partial charge in [-0.3, -0.25) is 9.59 Å². The highest BCUT2D eigenvalue weighted by Crippen LogP contribution is 2.22. The van der Waals surface area contributed by atoms with Gasteiger partial charge in [0, 0.05) is 29.8 Å². The first-order valence-electron chi connectivity index (χ1n) is 14.6. The van der Waals surface area contributed by atoms with Crippen LogP contribution in [0.15, 0.2) is 132 Å². The second-order valence-electron chi connectivity index (χ2n) is 10.4. The number of esters is 1. The molecular weight excluding hydrogens is 568 g/mol. The zero-order valence-electron chi connectivity index (χ0n) is 24.9. The maximum atomic E-state index is 13.2. The second kappa shape index (κ2) is 15.2. The number of furan rings is 1. The van der Waals surface area contributed by atoms with Crippen molar-refractivity contribution in [3.8, 4) is 5.75 Å². The van der Waals surface area contributed by atoms with E-state index in [0.29, 0.717) is 47.6 Å². The summed E-state index contributed by atoms with van der Waals surface area (Å²) in [6, 6.07) is 34.3. The summed E-state index contributed by atoms with van der Waals surface area (Å²) in [5.74, 6) is -0.0915. The molecule has 0 aliphatic carbocycles. The lowest BCUT2D eigenvalue weighted by Gasteiger charge is -2.22. The number of methoxy groups -OCH3 is 1. The Morgan fingerprint density at radius 3 is 2.16 bits per heavy atom. The Bertz CT molecular complexity index is 1690. The van der Waals surface area contributed by atoms with Gasteiger partial charge in [-0.2, -0.15) is 0 Å². The number of carbonyl (C=O) groups excluding carboxylic acids is 3. The van der Waals surface area contributed by atoms with Crippen molar-refractivity contribution in [1.82, 2.24) is 4.90 Å². The largest absolute Gasteiger partial charge is 0.492 e. The maximum absolute atomic E-state index is 13.2. The molecule has 1 heterocycles. The fraction of sp³-hybridized carbons (Fsp3) is 0.162. The lowest BCUT2D eigenvalue weighted by atomic mass is 10.00. The van der Waals surface area contributed by atoms with Crippen LogP contribution < -0.4 is 10.1 Å². The molecule has 0 aliphatic heterocycles. The van der Waals surface area contributed by atoms with Gasteiger partial charge in [0.2, 0.25) is 0 Å². The number of carbonyl (C=O) groups is 3. The van der Waals surface area contributed by atoms with Crippen LogP contribution in [0.5, 0.6) is 5.75 Å². The quantitative estimate of drug-likeness (QED) is 0.116. The molecule has 0 saturated carbocycles. The Balaban J connectivity index is 1.22. The molecule has 5 rings (SSSR count). The molecule has 45 heavy (non-hydrogen) atoms. The summed E-state index contributed by atoms with van der Waals surface area (Å²) in [5.41, 5.74) is 3.94. The SMILES string of the molecule is COC(=O)[C@H](Cc1ccc(OCCN(Cc2ccccc2)C(=O)c2ccoc2)cc1)Nc1ccccc1C(=O)c1ccccc1. The molecular formula is C37H34N2O6. The zero-order valence-corrected chi connectivity index (χ0v) is 24.9. The Hall–Kier alpha value is -5.63. The van der Waals surface area contributed by atoms with E-state index in [0.717, 1.165) is 11.1 Å². The van der Waals surface area contributed by atoms with Crippen molar-refractivity contribution in [3.63, 3.8) is 0 Å². The van der Waals surface area contributed by atoms with Crippen LogP contribution in [-0.4, -0.2) is 48.9 Å². The van der Waals surface area contributed by atoms with Gasteiger partial charge in [0.15, 0.2) is 5.78 Å². The Morgan fingerprint density at radius 1 is 0.778 bits per heavy atom. The Morgan fingerprint density at radius 2 is 1.47 bits per heavy atom. The number of benzene rings is 4. The third kappa shape index (κ3) is 8.26. The van der Waals surface area contributed by atoms with E-state index in [1.54, 1.807) is 41.3 Å². The topological polar surface area (TPSA) is 98.1 Å². The van der Waals surface area contributed by atoms with E-state index < -0.39 is 12.0 Å². The molecule has 4 aromatic carbocycles. The summed E-state index contributed by atoms with van der Waals surface area (Å²) < 4.78 is 16.2. The maximum Gasteiger partial charge on any atom is 0.328 e. The molecule has 5 aromatic rings. The number of ether oxygens (including phenoxy) is 2. The minimum absolute atomic E-state index is 0.139. The number of ketones is 1. The van der Waals surface area contributed by atoms with Crippen LogP contribution in [0, 0.1) is 0 Å². The summed E-state index contributed by atoms with van der Waals surface area (Å²) in [7, 11) is 1.34. The minimum Gasteiger partial charge on any atom is -0.492 e. The van der Waals surface area contributed by atoms with Crippen LogP contribution in [0.25, 0.3) is 0 Å². The van der Waals surface area contributed by atoms with Gasteiger partial charge in [-0.25, -0.2) is 4.79 Å². The summed E-state index contributed by atoms with van der Waals surface area (Å²) in [6.45, 7) is 1.10. The molecule has 1 aromatic heterocycles. The molecule has 0 unspecified atom stereocenters. The fourth-order valence-electron chi connectivity index (χ4n) is 4.93. The van der Waals surface area contributed by atoms with Crippen molar-refractivity contribution in [2.75, 3.05) is 25.6 Å². The number of amides is 1. The molecule has 0 saturated heterocycles. The number of nitrogens with one attached hydrogen (secondary N) is 1. The van der Waals surface area contributed by atoms with E-state index in [4.69, 9.17) is 13.9 Å². The first-order chi connectivity index (χ1) is 22.0. The van der Waals surface area contributed by atoms with Gasteiger partial charge >= 0.3 is 5.97 Å². The van der Waals surface area contributed by atoms with Crippen LogP contribution in [-0.2, 0) is 22.5 Å². The molecule has 1 amide bonds. The normalized spacial score (nSPS) is 11.3. The smallest absolute Gasteiger partial charge is 0.328 e.